The van der Waals surface area contributed by atoms with Gasteiger partial charge in [-0.05, 0) is 56.2 Å². The molecule has 0 bridgehead atoms. The summed E-state index contributed by atoms with van der Waals surface area (Å²) in [5.74, 6) is -0.711. The Morgan fingerprint density at radius 2 is 2.04 bits per heavy atom. The number of benzene rings is 1. The van der Waals surface area contributed by atoms with Gasteiger partial charge in [-0.1, -0.05) is 6.07 Å². The monoisotopic (exact) mass is 400 g/mol. The number of aliphatic hydroxyl groups excluding tert-OH is 1. The van der Waals surface area contributed by atoms with E-state index in [0.29, 0.717) is 24.4 Å². The zero-order valence-electron chi connectivity index (χ0n) is 16.4. The topological polar surface area (TPSA) is 70.1 Å². The minimum atomic E-state index is -0.648. The van der Waals surface area contributed by atoms with Crippen LogP contribution in [0.25, 0.3) is 5.76 Å². The summed E-state index contributed by atoms with van der Waals surface area (Å²) in [6, 6.07) is 8.41. The van der Waals surface area contributed by atoms with Crippen molar-refractivity contribution in [1.29, 1.82) is 0 Å². The van der Waals surface area contributed by atoms with Gasteiger partial charge in [-0.25, -0.2) is 0 Å². The Morgan fingerprint density at radius 3 is 2.61 bits per heavy atom. The Hall–Kier alpha value is -2.64. The largest absolute Gasteiger partial charge is 0.507 e. The highest BCUT2D eigenvalue weighted by Crippen LogP contribution is 2.41. The minimum absolute atomic E-state index is 0.138. The Kier molecular flexibility index (Phi) is 5.86. The van der Waals surface area contributed by atoms with Gasteiger partial charge in [0.25, 0.3) is 11.7 Å². The molecule has 1 saturated heterocycles. The number of methoxy groups -OCH3 is 1. The van der Waals surface area contributed by atoms with Crippen LogP contribution in [0.4, 0.5) is 0 Å². The molecule has 0 radical (unpaired) electrons. The van der Waals surface area contributed by atoms with Gasteiger partial charge in [-0.15, -0.1) is 11.3 Å². The third-order valence-electron chi connectivity index (χ3n) is 4.83. The van der Waals surface area contributed by atoms with Crippen LogP contribution in [0, 0.1) is 6.92 Å². The van der Waals surface area contributed by atoms with E-state index >= 15 is 0 Å². The van der Waals surface area contributed by atoms with Gasteiger partial charge < -0.3 is 19.6 Å². The van der Waals surface area contributed by atoms with Crippen LogP contribution >= 0.6 is 11.3 Å². The summed E-state index contributed by atoms with van der Waals surface area (Å²) in [6.45, 7) is 2.86. The first-order chi connectivity index (χ1) is 13.3. The SMILES string of the molecule is COc1ccc(C(O)=C2C(=O)C(=O)N(CCN(C)C)[C@@H]2c2cccs2)c(C)c1. The maximum absolute atomic E-state index is 12.9. The van der Waals surface area contributed by atoms with Crippen LogP contribution < -0.4 is 4.74 Å². The van der Waals surface area contributed by atoms with Gasteiger partial charge in [0.1, 0.15) is 11.5 Å². The number of carbonyl (C=O) groups is 2. The molecule has 1 atom stereocenters. The van der Waals surface area contributed by atoms with Crippen molar-refractivity contribution >= 4 is 28.8 Å². The lowest BCUT2D eigenvalue weighted by molar-refractivity contribution is -0.140. The average Bonchev–Trinajstić information content (AvgIpc) is 3.27. The van der Waals surface area contributed by atoms with Gasteiger partial charge in [-0.2, -0.15) is 0 Å². The normalized spacial score (nSPS) is 18.9. The number of likely N-dealkylation sites (tertiary alicyclic amines) is 1. The summed E-state index contributed by atoms with van der Waals surface area (Å²) >= 11 is 1.46. The summed E-state index contributed by atoms with van der Waals surface area (Å²) in [7, 11) is 5.40. The van der Waals surface area contributed by atoms with E-state index < -0.39 is 17.7 Å². The molecule has 1 amide bonds. The van der Waals surface area contributed by atoms with E-state index in [1.165, 1.54) is 11.3 Å². The first kappa shape index (κ1) is 20.1. The third-order valence-corrected chi connectivity index (χ3v) is 5.75. The number of aliphatic hydroxyl groups is 1. The number of rotatable bonds is 6. The molecule has 2 aromatic rings. The second-order valence-corrected chi connectivity index (χ2v) is 7.97. The molecule has 3 rings (SSSR count). The van der Waals surface area contributed by atoms with E-state index in [2.05, 4.69) is 0 Å². The van der Waals surface area contributed by atoms with E-state index in [9.17, 15) is 14.7 Å². The highest BCUT2D eigenvalue weighted by atomic mass is 32.1. The zero-order chi connectivity index (χ0) is 20.4. The number of aryl methyl sites for hydroxylation is 1. The van der Waals surface area contributed by atoms with Gasteiger partial charge in [0, 0.05) is 23.5 Å². The standard InChI is InChI=1S/C21H24N2O4S/c1-13-12-14(27-4)7-8-15(13)19(24)17-18(16-6-5-11-28-16)23(10-9-22(2)3)21(26)20(17)25/h5-8,11-12,18,24H,9-10H2,1-4H3/t18-/m1/s1. The van der Waals surface area contributed by atoms with Crippen LogP contribution in [0.15, 0.2) is 41.3 Å². The summed E-state index contributed by atoms with van der Waals surface area (Å²) < 4.78 is 5.21. The molecule has 0 saturated carbocycles. The molecule has 1 aromatic heterocycles. The van der Waals surface area contributed by atoms with Crippen molar-refractivity contribution in [2.24, 2.45) is 0 Å². The number of thiophene rings is 1. The molecule has 2 heterocycles. The van der Waals surface area contributed by atoms with Gasteiger partial charge in [-0.3, -0.25) is 9.59 Å². The summed E-state index contributed by atoms with van der Waals surface area (Å²) in [6.07, 6.45) is 0. The molecule has 0 unspecified atom stereocenters. The average molecular weight is 401 g/mol. The molecule has 1 aliphatic rings. The van der Waals surface area contributed by atoms with E-state index in [1.807, 2.05) is 43.4 Å². The predicted octanol–water partition coefficient (Wildman–Crippen LogP) is 3.05. The Balaban J connectivity index is 2.12. The number of hydrogen-bond acceptors (Lipinski definition) is 6. The number of nitrogens with zero attached hydrogens (tertiary/aromatic N) is 2. The highest BCUT2D eigenvalue weighted by Gasteiger charge is 2.46. The maximum atomic E-state index is 12.9. The quantitative estimate of drug-likeness (QED) is 0.459. The van der Waals surface area contributed by atoms with Crippen LogP contribution in [-0.2, 0) is 9.59 Å². The van der Waals surface area contributed by atoms with Crippen molar-refractivity contribution in [2.75, 3.05) is 34.3 Å². The molecule has 28 heavy (non-hydrogen) atoms. The third kappa shape index (κ3) is 3.68. The fourth-order valence-electron chi connectivity index (χ4n) is 3.33. The lowest BCUT2D eigenvalue weighted by atomic mass is 9.97. The lowest BCUT2D eigenvalue weighted by Gasteiger charge is -2.25. The second-order valence-electron chi connectivity index (χ2n) is 6.99. The lowest BCUT2D eigenvalue weighted by Crippen LogP contribution is -2.35. The summed E-state index contributed by atoms with van der Waals surface area (Å²) in [5.41, 5.74) is 1.42. The first-order valence-corrected chi connectivity index (χ1v) is 9.84. The smallest absolute Gasteiger partial charge is 0.295 e. The van der Waals surface area contributed by atoms with Crippen LogP contribution in [0.3, 0.4) is 0 Å². The molecular formula is C21H24N2O4S. The van der Waals surface area contributed by atoms with Crippen molar-refractivity contribution in [3.05, 3.63) is 57.3 Å². The fraction of sp³-hybridized carbons (Fsp3) is 0.333. The number of hydrogen-bond donors (Lipinski definition) is 1. The van der Waals surface area contributed by atoms with E-state index in [-0.39, 0.29) is 11.3 Å². The number of ether oxygens (including phenoxy) is 1. The number of likely N-dealkylation sites (N-methyl/N-ethyl adjacent to an activating group) is 1. The Labute approximate surface area is 168 Å². The second kappa shape index (κ2) is 8.16. The minimum Gasteiger partial charge on any atom is -0.507 e. The summed E-state index contributed by atoms with van der Waals surface area (Å²) in [4.78, 5) is 30.0. The molecule has 148 valence electrons. The van der Waals surface area contributed by atoms with Gasteiger partial charge in [0.15, 0.2) is 0 Å². The van der Waals surface area contributed by atoms with E-state index in [1.54, 1.807) is 30.2 Å². The van der Waals surface area contributed by atoms with Crippen LogP contribution in [0.2, 0.25) is 0 Å². The molecule has 7 heteroatoms. The molecule has 0 aliphatic carbocycles. The van der Waals surface area contributed by atoms with Crippen molar-refractivity contribution in [2.45, 2.75) is 13.0 Å². The molecule has 1 N–H and O–H groups in total. The van der Waals surface area contributed by atoms with E-state index in [4.69, 9.17) is 4.74 Å². The fourth-order valence-corrected chi connectivity index (χ4v) is 4.18. The number of amides is 1. The molecular weight excluding hydrogens is 376 g/mol. The van der Waals surface area contributed by atoms with Gasteiger partial charge in [0.05, 0.1) is 18.7 Å². The molecule has 0 spiro atoms. The summed E-state index contributed by atoms with van der Waals surface area (Å²) in [5, 5.41) is 13.0. The predicted molar refractivity (Wildman–Crippen MR) is 110 cm³/mol. The van der Waals surface area contributed by atoms with Crippen LogP contribution in [0.5, 0.6) is 5.75 Å². The molecule has 1 fully saturated rings. The molecule has 6 nitrogen and oxygen atoms in total. The van der Waals surface area contributed by atoms with Crippen LogP contribution in [-0.4, -0.2) is 60.9 Å². The highest BCUT2D eigenvalue weighted by molar-refractivity contribution is 7.10. The Bertz CT molecular complexity index is 918. The van der Waals surface area contributed by atoms with Crippen molar-refractivity contribution in [3.63, 3.8) is 0 Å². The van der Waals surface area contributed by atoms with Crippen molar-refractivity contribution < 1.29 is 19.4 Å². The molecule has 1 aliphatic heterocycles. The van der Waals surface area contributed by atoms with Gasteiger partial charge >= 0.3 is 0 Å². The number of carbonyl (C=O) groups excluding carboxylic acids is 2. The Morgan fingerprint density at radius 1 is 1.29 bits per heavy atom. The molecule has 1 aromatic carbocycles. The van der Waals surface area contributed by atoms with E-state index in [0.717, 1.165) is 10.4 Å². The maximum Gasteiger partial charge on any atom is 0.295 e. The van der Waals surface area contributed by atoms with Crippen LogP contribution in [0.1, 0.15) is 22.0 Å². The van der Waals surface area contributed by atoms with Crippen molar-refractivity contribution in [1.82, 2.24) is 9.80 Å². The zero-order valence-corrected chi connectivity index (χ0v) is 17.2. The van der Waals surface area contributed by atoms with Crippen molar-refractivity contribution in [3.8, 4) is 5.75 Å². The first-order valence-electron chi connectivity index (χ1n) is 8.96. The number of Topliss-reactive ketones (excluding diaryl/α,β-unsaturated/α-hetero) is 1. The number of ketones is 1. The van der Waals surface area contributed by atoms with Gasteiger partial charge in [0.2, 0.25) is 0 Å².